The third-order valence-corrected chi connectivity index (χ3v) is 5.37. The third kappa shape index (κ3) is 7.73. The zero-order chi connectivity index (χ0) is 16.0. The molecule has 0 spiro atoms. The summed E-state index contributed by atoms with van der Waals surface area (Å²) in [4.78, 5) is 0. The standard InChI is InChI=1S/C18H32N2OSi/c1-4-7-10-16(6-3)15-21-18-12-9-8-11-17(18)14-19-20-22-13-5-2/h8-9,11-12,16H,4-7,10,13-15,22H2,1-3H3. The molecule has 1 rings (SSSR count). The quantitative estimate of drug-likeness (QED) is 0.298. The van der Waals surface area contributed by atoms with Crippen molar-refractivity contribution in [1.82, 2.24) is 0 Å². The first kappa shape index (κ1) is 18.9. The number of rotatable bonds is 12. The van der Waals surface area contributed by atoms with Crippen LogP contribution in [0.2, 0.25) is 6.04 Å². The normalized spacial score (nSPS) is 13.2. The van der Waals surface area contributed by atoms with Gasteiger partial charge in [-0.05, 0) is 24.4 Å². The van der Waals surface area contributed by atoms with Gasteiger partial charge in [0.05, 0.1) is 13.2 Å². The Bertz CT molecular complexity index is 423. The highest BCUT2D eigenvalue weighted by Crippen LogP contribution is 2.21. The lowest BCUT2D eigenvalue weighted by Gasteiger charge is -2.17. The van der Waals surface area contributed by atoms with E-state index in [4.69, 9.17) is 4.74 Å². The van der Waals surface area contributed by atoms with Crippen molar-refractivity contribution in [2.45, 2.75) is 65.5 Å². The fourth-order valence-electron chi connectivity index (χ4n) is 2.31. The zero-order valence-corrected chi connectivity index (χ0v) is 16.0. The summed E-state index contributed by atoms with van der Waals surface area (Å²) in [6.07, 6.45) is 6.22. The highest BCUT2D eigenvalue weighted by atomic mass is 28.2. The van der Waals surface area contributed by atoms with E-state index in [9.17, 15) is 0 Å². The minimum absolute atomic E-state index is 0.337. The number of para-hydroxylation sites is 1. The van der Waals surface area contributed by atoms with Gasteiger partial charge >= 0.3 is 0 Å². The molecule has 0 aromatic heterocycles. The fourth-order valence-corrected chi connectivity index (χ4v) is 3.01. The Morgan fingerprint density at radius 3 is 2.68 bits per heavy atom. The zero-order valence-electron chi connectivity index (χ0n) is 14.6. The van der Waals surface area contributed by atoms with Crippen molar-refractivity contribution in [1.29, 1.82) is 0 Å². The summed E-state index contributed by atoms with van der Waals surface area (Å²) in [5, 5.41) is 4.34. The van der Waals surface area contributed by atoms with Crippen molar-refractivity contribution in [3.63, 3.8) is 0 Å². The topological polar surface area (TPSA) is 34.0 Å². The first-order valence-electron chi connectivity index (χ1n) is 8.85. The maximum atomic E-state index is 6.08. The number of nitrogens with zero attached hydrogens (tertiary/aromatic N) is 2. The molecule has 3 nitrogen and oxygen atoms in total. The van der Waals surface area contributed by atoms with E-state index in [0.717, 1.165) is 17.9 Å². The lowest BCUT2D eigenvalue weighted by molar-refractivity contribution is 0.231. The van der Waals surface area contributed by atoms with Crippen LogP contribution < -0.4 is 4.74 Å². The van der Waals surface area contributed by atoms with Crippen molar-refractivity contribution >= 4 is 9.68 Å². The Morgan fingerprint density at radius 1 is 1.14 bits per heavy atom. The molecular weight excluding hydrogens is 288 g/mol. The SMILES string of the molecule is CCCCC(CC)COc1ccccc1CN=N[SiH2]CCC. The van der Waals surface area contributed by atoms with E-state index in [1.165, 1.54) is 38.1 Å². The number of ether oxygens (including phenoxy) is 1. The summed E-state index contributed by atoms with van der Waals surface area (Å²) < 4.78 is 10.4. The van der Waals surface area contributed by atoms with E-state index in [2.05, 4.69) is 48.9 Å². The van der Waals surface area contributed by atoms with Crippen molar-refractivity contribution in [3.05, 3.63) is 29.8 Å². The molecule has 0 bridgehead atoms. The summed E-state index contributed by atoms with van der Waals surface area (Å²) in [6.45, 7) is 8.17. The smallest absolute Gasteiger partial charge is 0.178 e. The molecule has 4 heteroatoms. The van der Waals surface area contributed by atoms with Crippen LogP contribution in [0.15, 0.2) is 34.2 Å². The molecule has 0 aliphatic carbocycles. The van der Waals surface area contributed by atoms with Gasteiger partial charge in [0.1, 0.15) is 5.75 Å². The number of hydrogen-bond acceptors (Lipinski definition) is 3. The molecule has 0 saturated heterocycles. The first-order valence-corrected chi connectivity index (χ1v) is 10.5. The molecule has 0 radical (unpaired) electrons. The summed E-state index contributed by atoms with van der Waals surface area (Å²) in [5.41, 5.74) is 1.15. The van der Waals surface area contributed by atoms with Crippen LogP contribution in [0.5, 0.6) is 5.75 Å². The van der Waals surface area contributed by atoms with E-state index in [-0.39, 0.29) is 9.68 Å². The van der Waals surface area contributed by atoms with Crippen LogP contribution in [0.1, 0.15) is 58.4 Å². The number of benzene rings is 1. The molecule has 22 heavy (non-hydrogen) atoms. The molecule has 1 unspecified atom stereocenters. The van der Waals surface area contributed by atoms with Crippen LogP contribution in [-0.2, 0) is 6.54 Å². The minimum atomic E-state index is -0.337. The summed E-state index contributed by atoms with van der Waals surface area (Å²) in [5.74, 6) is 1.64. The van der Waals surface area contributed by atoms with Gasteiger partial charge in [0.15, 0.2) is 9.68 Å². The van der Waals surface area contributed by atoms with Crippen LogP contribution >= 0.6 is 0 Å². The minimum Gasteiger partial charge on any atom is -0.493 e. The second-order valence-corrected chi connectivity index (χ2v) is 7.29. The van der Waals surface area contributed by atoms with Crippen LogP contribution in [-0.4, -0.2) is 16.3 Å². The lowest BCUT2D eigenvalue weighted by Crippen LogP contribution is -2.12. The average Bonchev–Trinajstić information content (AvgIpc) is 2.56. The number of hydrogen-bond donors (Lipinski definition) is 0. The fraction of sp³-hybridized carbons (Fsp3) is 0.667. The summed E-state index contributed by atoms with van der Waals surface area (Å²) >= 11 is 0. The molecule has 0 N–H and O–H groups in total. The van der Waals surface area contributed by atoms with Gasteiger partial charge in [-0.2, -0.15) is 0 Å². The largest absolute Gasteiger partial charge is 0.493 e. The van der Waals surface area contributed by atoms with Crippen molar-refractivity contribution in [3.8, 4) is 5.75 Å². The second-order valence-electron chi connectivity index (χ2n) is 5.85. The molecule has 1 atom stereocenters. The van der Waals surface area contributed by atoms with Crippen molar-refractivity contribution in [2.24, 2.45) is 15.8 Å². The predicted octanol–water partition coefficient (Wildman–Crippen LogP) is 5.15. The molecule has 0 heterocycles. The molecule has 124 valence electrons. The average molecular weight is 321 g/mol. The molecule has 0 aliphatic heterocycles. The van der Waals surface area contributed by atoms with Crippen molar-refractivity contribution < 1.29 is 4.74 Å². The number of unbranched alkanes of at least 4 members (excludes halogenated alkanes) is 1. The van der Waals surface area contributed by atoms with Crippen molar-refractivity contribution in [2.75, 3.05) is 6.61 Å². The summed E-state index contributed by atoms with van der Waals surface area (Å²) in [7, 11) is -0.337. The maximum absolute atomic E-state index is 6.08. The molecule has 0 aliphatic rings. The highest BCUT2D eigenvalue weighted by Gasteiger charge is 2.09. The molecule has 1 aromatic carbocycles. The molecule has 0 saturated carbocycles. The Balaban J connectivity index is 2.50. The van der Waals surface area contributed by atoms with E-state index < -0.39 is 0 Å². The van der Waals surface area contributed by atoms with Gasteiger partial charge in [-0.1, -0.05) is 64.7 Å². The lowest BCUT2D eigenvalue weighted by atomic mass is 10.0. The van der Waals surface area contributed by atoms with Crippen LogP contribution in [0.25, 0.3) is 0 Å². The van der Waals surface area contributed by atoms with Crippen LogP contribution in [0.4, 0.5) is 0 Å². The maximum Gasteiger partial charge on any atom is 0.178 e. The van der Waals surface area contributed by atoms with Gasteiger partial charge in [0.2, 0.25) is 0 Å². The Hall–Kier alpha value is -1.16. The van der Waals surface area contributed by atoms with Gasteiger partial charge < -0.3 is 4.74 Å². The molecule has 1 aromatic rings. The Kier molecular flexibility index (Phi) is 10.6. The van der Waals surface area contributed by atoms with Gasteiger partial charge in [0.25, 0.3) is 0 Å². The highest BCUT2D eigenvalue weighted by molar-refractivity contribution is 6.32. The third-order valence-electron chi connectivity index (χ3n) is 3.94. The van der Waals surface area contributed by atoms with Gasteiger partial charge in [-0.25, -0.2) is 9.89 Å². The first-order chi connectivity index (χ1) is 10.8. The van der Waals surface area contributed by atoms with Gasteiger partial charge in [0, 0.05) is 5.56 Å². The Morgan fingerprint density at radius 2 is 1.95 bits per heavy atom. The molecule has 0 amide bonds. The predicted molar refractivity (Wildman–Crippen MR) is 97.4 cm³/mol. The van der Waals surface area contributed by atoms with Crippen LogP contribution in [0, 0.1) is 5.92 Å². The van der Waals surface area contributed by atoms with E-state index in [0.29, 0.717) is 12.5 Å². The Labute approximate surface area is 138 Å². The summed E-state index contributed by atoms with van der Waals surface area (Å²) in [6, 6.07) is 9.49. The van der Waals surface area contributed by atoms with E-state index in [1.807, 2.05) is 6.07 Å². The van der Waals surface area contributed by atoms with Crippen LogP contribution in [0.3, 0.4) is 0 Å². The van der Waals surface area contributed by atoms with E-state index in [1.54, 1.807) is 0 Å². The van der Waals surface area contributed by atoms with Gasteiger partial charge in [-0.3, -0.25) is 0 Å². The molecule has 0 fully saturated rings. The van der Waals surface area contributed by atoms with Gasteiger partial charge in [-0.15, -0.1) is 0 Å². The second kappa shape index (κ2) is 12.4. The molecular formula is C18H32N2OSi. The monoisotopic (exact) mass is 320 g/mol. The van der Waals surface area contributed by atoms with E-state index >= 15 is 0 Å².